The fraction of sp³-hybridized carbons (Fsp3) is 0.714. The minimum absolute atomic E-state index is 0.0552. The average Bonchev–Trinajstić information content (AvgIpc) is 2.70. The molecule has 1 N–H and O–H groups in total. The van der Waals surface area contributed by atoms with Crippen molar-refractivity contribution in [1.29, 1.82) is 0 Å². The maximum atomic E-state index is 12.8. The van der Waals surface area contributed by atoms with Gasteiger partial charge in [-0.05, 0) is 75.9 Å². The second kappa shape index (κ2) is 12.3. The molecular weight excluding hydrogens is 440 g/mol. The number of unbranched alkanes of at least 4 members (excludes halogenated alkanes) is 3. The smallest absolute Gasteiger partial charge is 0.243 e. The highest BCUT2D eigenvalue weighted by molar-refractivity contribution is 9.10. The Morgan fingerprint density at radius 2 is 1.71 bits per heavy atom. The van der Waals surface area contributed by atoms with Crippen LogP contribution in [0.3, 0.4) is 0 Å². The highest BCUT2D eigenvalue weighted by Gasteiger charge is 2.31. The largest absolute Gasteiger partial charge is 0.378 e. The number of ether oxygens (including phenoxy) is 1. The molecule has 160 valence electrons. The first-order valence-electron chi connectivity index (χ1n) is 10.5. The summed E-state index contributed by atoms with van der Waals surface area (Å²) in [6.07, 6.45) is 8.69. The number of hydrogen-bond donors (Lipinski definition) is 1. The SMILES string of the molecule is CCNCCCCCCOC1CCC(N(C)S(=O)(=O)c2ccc(Br)cc2)CC1. The van der Waals surface area contributed by atoms with E-state index in [1.807, 2.05) is 0 Å². The normalized spacial score (nSPS) is 20.6. The van der Waals surface area contributed by atoms with Crippen molar-refractivity contribution < 1.29 is 13.2 Å². The van der Waals surface area contributed by atoms with E-state index in [4.69, 9.17) is 4.74 Å². The first-order valence-corrected chi connectivity index (χ1v) is 12.7. The van der Waals surface area contributed by atoms with Crippen molar-refractivity contribution in [3.8, 4) is 0 Å². The van der Waals surface area contributed by atoms with E-state index >= 15 is 0 Å². The second-order valence-corrected chi connectivity index (χ2v) is 10.5. The molecule has 1 aliphatic rings. The molecule has 5 nitrogen and oxygen atoms in total. The van der Waals surface area contributed by atoms with Crippen LogP contribution < -0.4 is 5.32 Å². The van der Waals surface area contributed by atoms with Crippen LogP contribution in [0, 0.1) is 0 Å². The Kier molecular flexibility index (Phi) is 10.4. The Labute approximate surface area is 179 Å². The number of nitrogens with zero attached hydrogens (tertiary/aromatic N) is 1. The molecule has 1 aromatic carbocycles. The minimum atomic E-state index is -3.44. The van der Waals surface area contributed by atoms with E-state index in [1.54, 1.807) is 35.6 Å². The van der Waals surface area contributed by atoms with Gasteiger partial charge in [-0.2, -0.15) is 4.31 Å². The summed E-state index contributed by atoms with van der Waals surface area (Å²) >= 11 is 3.35. The lowest BCUT2D eigenvalue weighted by molar-refractivity contribution is 0.0157. The Morgan fingerprint density at radius 3 is 2.36 bits per heavy atom. The maximum absolute atomic E-state index is 12.8. The van der Waals surface area contributed by atoms with E-state index in [9.17, 15) is 8.42 Å². The van der Waals surface area contributed by atoms with Crippen molar-refractivity contribution in [3.05, 3.63) is 28.7 Å². The minimum Gasteiger partial charge on any atom is -0.378 e. The van der Waals surface area contributed by atoms with Gasteiger partial charge in [-0.15, -0.1) is 0 Å². The van der Waals surface area contributed by atoms with Crippen LogP contribution in [0.5, 0.6) is 0 Å². The fourth-order valence-corrected chi connectivity index (χ4v) is 5.36. The molecule has 1 saturated carbocycles. The van der Waals surface area contributed by atoms with Gasteiger partial charge in [0.05, 0.1) is 11.0 Å². The van der Waals surface area contributed by atoms with E-state index in [2.05, 4.69) is 28.2 Å². The summed E-state index contributed by atoms with van der Waals surface area (Å²) in [5.74, 6) is 0. The highest BCUT2D eigenvalue weighted by Crippen LogP contribution is 2.28. The zero-order valence-corrected chi connectivity index (χ0v) is 19.6. The van der Waals surface area contributed by atoms with Crippen molar-refractivity contribution in [2.45, 2.75) is 75.3 Å². The summed E-state index contributed by atoms with van der Waals surface area (Å²) in [6, 6.07) is 6.91. The lowest BCUT2D eigenvalue weighted by Gasteiger charge is -2.34. The molecule has 0 saturated heterocycles. The van der Waals surface area contributed by atoms with Gasteiger partial charge in [0.25, 0.3) is 0 Å². The molecule has 0 spiro atoms. The number of halogens is 1. The van der Waals surface area contributed by atoms with E-state index in [-0.39, 0.29) is 12.1 Å². The van der Waals surface area contributed by atoms with Crippen molar-refractivity contribution in [2.24, 2.45) is 0 Å². The van der Waals surface area contributed by atoms with E-state index in [0.717, 1.165) is 56.3 Å². The molecule has 7 heteroatoms. The van der Waals surface area contributed by atoms with Crippen LogP contribution in [-0.2, 0) is 14.8 Å². The summed E-state index contributed by atoms with van der Waals surface area (Å²) in [5, 5.41) is 3.35. The zero-order chi connectivity index (χ0) is 20.4. The lowest BCUT2D eigenvalue weighted by atomic mass is 9.93. The molecule has 0 amide bonds. The predicted octanol–water partition coefficient (Wildman–Crippen LogP) is 4.57. The number of hydrogen-bond acceptors (Lipinski definition) is 4. The molecule has 1 aromatic rings. The van der Waals surface area contributed by atoms with Gasteiger partial charge in [0.1, 0.15) is 0 Å². The van der Waals surface area contributed by atoms with Crippen LogP contribution in [0.25, 0.3) is 0 Å². The first-order chi connectivity index (χ1) is 13.4. The van der Waals surface area contributed by atoms with Gasteiger partial charge < -0.3 is 10.1 Å². The summed E-state index contributed by atoms with van der Waals surface area (Å²) in [5.41, 5.74) is 0. The fourth-order valence-electron chi connectivity index (χ4n) is 3.68. The number of benzene rings is 1. The summed E-state index contributed by atoms with van der Waals surface area (Å²) in [4.78, 5) is 0.353. The quantitative estimate of drug-likeness (QED) is 0.450. The number of sulfonamides is 1. The Bertz CT molecular complexity index is 659. The van der Waals surface area contributed by atoms with Crippen molar-refractivity contribution in [3.63, 3.8) is 0 Å². The Morgan fingerprint density at radius 1 is 1.07 bits per heavy atom. The summed E-state index contributed by atoms with van der Waals surface area (Å²) in [7, 11) is -1.74. The summed E-state index contributed by atoms with van der Waals surface area (Å²) < 4.78 is 34.1. The third-order valence-corrected chi connectivity index (χ3v) is 7.95. The van der Waals surface area contributed by atoms with Crippen LogP contribution >= 0.6 is 15.9 Å². The van der Waals surface area contributed by atoms with E-state index in [0.29, 0.717) is 4.90 Å². The van der Waals surface area contributed by atoms with Gasteiger partial charge in [-0.25, -0.2) is 8.42 Å². The van der Waals surface area contributed by atoms with Gasteiger partial charge in [0.15, 0.2) is 0 Å². The number of nitrogens with one attached hydrogen (secondary N) is 1. The third kappa shape index (κ3) is 7.41. The molecule has 2 rings (SSSR count). The second-order valence-electron chi connectivity index (χ2n) is 7.54. The lowest BCUT2D eigenvalue weighted by Crippen LogP contribution is -2.40. The van der Waals surface area contributed by atoms with Gasteiger partial charge in [0, 0.05) is 24.2 Å². The maximum Gasteiger partial charge on any atom is 0.243 e. The van der Waals surface area contributed by atoms with Crippen molar-refractivity contribution in [1.82, 2.24) is 9.62 Å². The highest BCUT2D eigenvalue weighted by atomic mass is 79.9. The zero-order valence-electron chi connectivity index (χ0n) is 17.2. The van der Waals surface area contributed by atoms with Crippen LogP contribution in [0.15, 0.2) is 33.6 Å². The standard InChI is InChI=1S/C21H35BrN2O3S/c1-3-23-16-6-4-5-7-17-27-20-12-10-19(11-13-20)24(2)28(25,26)21-14-8-18(22)9-15-21/h8-9,14-15,19-20,23H,3-7,10-13,16-17H2,1-2H3. The number of rotatable bonds is 12. The van der Waals surface area contributed by atoms with Crippen LogP contribution in [-0.4, -0.2) is 51.6 Å². The molecule has 0 atom stereocenters. The van der Waals surface area contributed by atoms with Crippen molar-refractivity contribution in [2.75, 3.05) is 26.7 Å². The van der Waals surface area contributed by atoms with Gasteiger partial charge in [0.2, 0.25) is 10.0 Å². The Hall–Kier alpha value is -0.470. The molecule has 28 heavy (non-hydrogen) atoms. The topological polar surface area (TPSA) is 58.6 Å². The average molecular weight is 475 g/mol. The molecule has 1 aliphatic carbocycles. The molecule has 1 fully saturated rings. The van der Waals surface area contributed by atoms with E-state index < -0.39 is 10.0 Å². The van der Waals surface area contributed by atoms with Gasteiger partial charge in [-0.1, -0.05) is 35.7 Å². The van der Waals surface area contributed by atoms with E-state index in [1.165, 1.54) is 19.3 Å². The molecule has 0 aliphatic heterocycles. The monoisotopic (exact) mass is 474 g/mol. The first kappa shape index (κ1) is 23.8. The van der Waals surface area contributed by atoms with Crippen molar-refractivity contribution >= 4 is 26.0 Å². The molecule has 0 heterocycles. The summed E-state index contributed by atoms with van der Waals surface area (Å²) in [6.45, 7) is 5.11. The van der Waals surface area contributed by atoms with Crippen LogP contribution in [0.1, 0.15) is 58.3 Å². The third-order valence-electron chi connectivity index (χ3n) is 5.50. The predicted molar refractivity (Wildman–Crippen MR) is 118 cm³/mol. The molecule has 0 unspecified atom stereocenters. The molecular formula is C21H35BrN2O3S. The molecule has 0 bridgehead atoms. The van der Waals surface area contributed by atoms with Crippen LogP contribution in [0.4, 0.5) is 0 Å². The van der Waals surface area contributed by atoms with Gasteiger partial charge in [-0.3, -0.25) is 0 Å². The molecule has 0 aromatic heterocycles. The Balaban J connectivity index is 1.68. The van der Waals surface area contributed by atoms with Crippen LogP contribution in [0.2, 0.25) is 0 Å². The molecule has 0 radical (unpaired) electrons. The van der Waals surface area contributed by atoms with Gasteiger partial charge >= 0.3 is 0 Å².